The van der Waals surface area contributed by atoms with Gasteiger partial charge in [-0.25, -0.2) is 0 Å². The second-order valence-electron chi connectivity index (χ2n) is 4.27. The number of rotatable bonds is 1. The maximum atomic E-state index is 5.26. The van der Waals surface area contributed by atoms with Crippen LogP contribution in [0.1, 0.15) is 24.5 Å². The van der Waals surface area contributed by atoms with Gasteiger partial charge in [-0.05, 0) is 25.3 Å². The van der Waals surface area contributed by atoms with E-state index in [9.17, 15) is 0 Å². The number of nitrogens with zero attached hydrogens (tertiary/aromatic N) is 2. The Labute approximate surface area is 92.5 Å². The third kappa shape index (κ3) is 1.34. The van der Waals surface area contributed by atoms with Gasteiger partial charge in [0.2, 0.25) is 0 Å². The Hall–Kier alpha value is -0.260. The molecule has 1 N–H and O–H groups in total. The van der Waals surface area contributed by atoms with Gasteiger partial charge < -0.3 is 4.90 Å². The summed E-state index contributed by atoms with van der Waals surface area (Å²) in [7, 11) is 0. The van der Waals surface area contributed by atoms with Crippen LogP contribution in [0.25, 0.3) is 0 Å². The van der Waals surface area contributed by atoms with E-state index < -0.39 is 0 Å². The molecule has 3 nitrogen and oxygen atoms in total. The van der Waals surface area contributed by atoms with Crippen molar-refractivity contribution in [3.63, 3.8) is 0 Å². The zero-order valence-electron chi connectivity index (χ0n) is 7.90. The molecule has 2 aliphatic heterocycles. The van der Waals surface area contributed by atoms with Crippen LogP contribution in [0, 0.1) is 10.6 Å². The van der Waals surface area contributed by atoms with E-state index in [1.807, 2.05) is 0 Å². The number of hydrogen-bond acceptors (Lipinski definition) is 4. The summed E-state index contributed by atoms with van der Waals surface area (Å²) in [5.74, 6) is 1.41. The van der Waals surface area contributed by atoms with Crippen LogP contribution in [0.4, 0.5) is 0 Å². The highest BCUT2D eigenvalue weighted by Crippen LogP contribution is 2.38. The van der Waals surface area contributed by atoms with E-state index in [1.165, 1.54) is 44.2 Å². The minimum absolute atomic E-state index is 0.604. The molecule has 3 heterocycles. The van der Waals surface area contributed by atoms with Crippen LogP contribution in [-0.2, 0) is 0 Å². The Bertz CT molecular complexity index is 383. The van der Waals surface area contributed by atoms with Crippen LogP contribution < -0.4 is 0 Å². The SMILES string of the molecule is S=c1[nH]snc1[C@H]1CN2CCCC1C2. The predicted molar refractivity (Wildman–Crippen MR) is 59.2 cm³/mol. The largest absolute Gasteiger partial charge is 0.302 e. The number of piperidine rings is 1. The molecule has 5 heteroatoms. The zero-order valence-corrected chi connectivity index (χ0v) is 9.53. The Balaban J connectivity index is 1.93. The van der Waals surface area contributed by atoms with Crippen molar-refractivity contribution < 1.29 is 0 Å². The van der Waals surface area contributed by atoms with Gasteiger partial charge in [-0.3, -0.25) is 4.37 Å². The van der Waals surface area contributed by atoms with Gasteiger partial charge in [0.15, 0.2) is 0 Å². The number of aromatic nitrogens is 2. The van der Waals surface area contributed by atoms with Crippen molar-refractivity contribution in [2.45, 2.75) is 18.8 Å². The normalized spacial score (nSPS) is 36.1. The fourth-order valence-electron chi connectivity index (χ4n) is 2.77. The van der Waals surface area contributed by atoms with Crippen LogP contribution >= 0.6 is 23.9 Å². The van der Waals surface area contributed by atoms with E-state index in [1.54, 1.807) is 0 Å². The smallest absolute Gasteiger partial charge is 0.136 e. The average molecular weight is 227 g/mol. The molecule has 2 unspecified atom stereocenters. The zero-order chi connectivity index (χ0) is 9.54. The van der Waals surface area contributed by atoms with Gasteiger partial charge in [0, 0.05) is 30.7 Å². The molecule has 0 amide bonds. The Morgan fingerprint density at radius 3 is 3.14 bits per heavy atom. The lowest BCUT2D eigenvalue weighted by molar-refractivity contribution is 0.269. The second kappa shape index (κ2) is 3.40. The lowest BCUT2D eigenvalue weighted by atomic mass is 9.89. The number of aromatic amines is 1. The number of hydrogen-bond donors (Lipinski definition) is 1. The molecule has 1 aromatic heterocycles. The van der Waals surface area contributed by atoms with E-state index >= 15 is 0 Å². The van der Waals surface area contributed by atoms with Crippen LogP contribution in [0.5, 0.6) is 0 Å². The van der Waals surface area contributed by atoms with Crippen LogP contribution in [0.2, 0.25) is 0 Å². The van der Waals surface area contributed by atoms with Crippen molar-refractivity contribution >= 4 is 23.9 Å². The highest BCUT2D eigenvalue weighted by Gasteiger charge is 2.37. The minimum Gasteiger partial charge on any atom is -0.302 e. The molecule has 0 saturated carbocycles. The molecule has 0 spiro atoms. The van der Waals surface area contributed by atoms with Gasteiger partial charge >= 0.3 is 0 Å². The monoisotopic (exact) mass is 227 g/mol. The number of H-pyrrole nitrogens is 1. The lowest BCUT2D eigenvalue weighted by Crippen LogP contribution is -2.25. The predicted octanol–water partition coefficient (Wildman–Crippen LogP) is 2.01. The Kier molecular flexibility index (Phi) is 2.18. The molecular weight excluding hydrogens is 214 g/mol. The average Bonchev–Trinajstić information content (AvgIpc) is 2.71. The quantitative estimate of drug-likeness (QED) is 0.745. The van der Waals surface area contributed by atoms with E-state index in [0.29, 0.717) is 5.92 Å². The fourth-order valence-corrected chi connectivity index (χ4v) is 3.69. The molecule has 0 aromatic carbocycles. The topological polar surface area (TPSA) is 31.9 Å². The van der Waals surface area contributed by atoms with Gasteiger partial charge in [0.1, 0.15) is 4.64 Å². The highest BCUT2D eigenvalue weighted by molar-refractivity contribution is 7.71. The summed E-state index contributed by atoms with van der Waals surface area (Å²) >= 11 is 6.65. The fraction of sp³-hybridized carbons (Fsp3) is 0.778. The maximum absolute atomic E-state index is 5.26. The maximum Gasteiger partial charge on any atom is 0.136 e. The second-order valence-corrected chi connectivity index (χ2v) is 5.24. The summed E-state index contributed by atoms with van der Waals surface area (Å²) in [6, 6.07) is 0. The van der Waals surface area contributed by atoms with Gasteiger partial charge in [-0.1, -0.05) is 12.2 Å². The summed E-state index contributed by atoms with van der Waals surface area (Å²) in [6.45, 7) is 3.70. The molecule has 14 heavy (non-hydrogen) atoms. The van der Waals surface area contributed by atoms with Gasteiger partial charge in [-0.2, -0.15) is 4.37 Å². The van der Waals surface area contributed by atoms with Crippen molar-refractivity contribution in [3.8, 4) is 0 Å². The third-order valence-corrected chi connectivity index (χ3v) is 4.46. The lowest BCUT2D eigenvalue weighted by Gasteiger charge is -2.21. The van der Waals surface area contributed by atoms with Gasteiger partial charge in [0.05, 0.1) is 5.69 Å². The minimum atomic E-state index is 0.604. The molecule has 0 radical (unpaired) electrons. The summed E-state index contributed by atoms with van der Waals surface area (Å²) in [5, 5.41) is 0. The first kappa shape index (κ1) is 9.00. The molecule has 76 valence electrons. The molecule has 2 saturated heterocycles. The number of fused-ring (bicyclic) bond motifs is 2. The standard InChI is InChI=1S/C9H13N3S2/c13-9-8(10-14-11-9)7-5-12-3-1-2-6(7)4-12/h6-7H,1-5H2,(H,11,13)/t6?,7-/m0/s1. The summed E-state index contributed by atoms with van der Waals surface area (Å²) in [6.07, 6.45) is 2.70. The van der Waals surface area contributed by atoms with Crippen molar-refractivity contribution in [2.75, 3.05) is 19.6 Å². The molecule has 2 bridgehead atoms. The third-order valence-electron chi connectivity index (χ3n) is 3.43. The Morgan fingerprint density at radius 1 is 1.50 bits per heavy atom. The van der Waals surface area contributed by atoms with Gasteiger partial charge in [0.25, 0.3) is 0 Å². The van der Waals surface area contributed by atoms with Crippen LogP contribution in [0.15, 0.2) is 0 Å². The van der Waals surface area contributed by atoms with E-state index in [-0.39, 0.29) is 0 Å². The van der Waals surface area contributed by atoms with Crippen molar-refractivity contribution in [3.05, 3.63) is 10.3 Å². The van der Waals surface area contributed by atoms with Crippen LogP contribution in [0.3, 0.4) is 0 Å². The molecular formula is C9H13N3S2. The highest BCUT2D eigenvalue weighted by atomic mass is 32.1. The van der Waals surface area contributed by atoms with E-state index in [2.05, 4.69) is 13.6 Å². The van der Waals surface area contributed by atoms with Crippen molar-refractivity contribution in [2.24, 2.45) is 5.92 Å². The van der Waals surface area contributed by atoms with Crippen molar-refractivity contribution in [1.82, 2.24) is 13.6 Å². The number of nitrogens with one attached hydrogen (secondary N) is 1. The first-order valence-corrected chi connectivity index (χ1v) is 6.29. The molecule has 2 aliphatic rings. The van der Waals surface area contributed by atoms with Crippen LogP contribution in [-0.4, -0.2) is 33.3 Å². The molecule has 3 atom stereocenters. The molecule has 2 fully saturated rings. The van der Waals surface area contributed by atoms with Crippen molar-refractivity contribution in [1.29, 1.82) is 0 Å². The first-order valence-electron chi connectivity index (χ1n) is 5.11. The van der Waals surface area contributed by atoms with E-state index in [0.717, 1.165) is 16.3 Å². The molecule has 3 rings (SSSR count). The summed E-state index contributed by atoms with van der Waals surface area (Å²) in [5.41, 5.74) is 1.15. The first-order chi connectivity index (χ1) is 6.84. The Morgan fingerprint density at radius 2 is 2.43 bits per heavy atom. The molecule has 0 aliphatic carbocycles. The molecule has 1 aromatic rings. The van der Waals surface area contributed by atoms with Gasteiger partial charge in [-0.15, -0.1) is 0 Å². The summed E-state index contributed by atoms with van der Waals surface area (Å²) < 4.78 is 8.33. The van der Waals surface area contributed by atoms with E-state index in [4.69, 9.17) is 12.2 Å². The summed E-state index contributed by atoms with van der Waals surface area (Å²) in [4.78, 5) is 2.55.